The summed E-state index contributed by atoms with van der Waals surface area (Å²) in [5, 5.41) is 3.50. The lowest BCUT2D eigenvalue weighted by Gasteiger charge is -2.11. The minimum absolute atomic E-state index is 0.168. The van der Waals surface area contributed by atoms with E-state index in [1.54, 1.807) is 0 Å². The van der Waals surface area contributed by atoms with Crippen molar-refractivity contribution in [1.82, 2.24) is 5.32 Å². The van der Waals surface area contributed by atoms with Gasteiger partial charge in [0.2, 0.25) is 0 Å². The lowest BCUT2D eigenvalue weighted by Crippen LogP contribution is -2.30. The maximum Gasteiger partial charge on any atom is 0.123 e. The molecule has 2 nitrogen and oxygen atoms in total. The van der Waals surface area contributed by atoms with E-state index in [1.165, 1.54) is 24.1 Å². The molecule has 0 aliphatic heterocycles. The maximum absolute atomic E-state index is 12.7. The minimum atomic E-state index is -0.168. The lowest BCUT2D eigenvalue weighted by molar-refractivity contribution is 0.520. The predicted octanol–water partition coefficient (Wildman–Crippen LogP) is 1.84. The van der Waals surface area contributed by atoms with Gasteiger partial charge < -0.3 is 11.1 Å². The Kier molecular flexibility index (Phi) is 3.91. The Balaban J connectivity index is 1.70. The van der Waals surface area contributed by atoms with Crippen LogP contribution in [0, 0.1) is 5.82 Å². The van der Waals surface area contributed by atoms with E-state index >= 15 is 0 Å². The van der Waals surface area contributed by atoms with Gasteiger partial charge in [-0.2, -0.15) is 0 Å². The third kappa shape index (κ3) is 3.29. The number of hydrogen-bond acceptors (Lipinski definition) is 2. The molecule has 3 heteroatoms. The second-order valence-electron chi connectivity index (χ2n) is 4.60. The number of nitrogens with two attached hydrogens (primary N) is 1. The highest BCUT2D eigenvalue weighted by Gasteiger charge is 2.20. The van der Waals surface area contributed by atoms with Crippen LogP contribution >= 0.6 is 0 Å². The molecule has 2 rings (SSSR count). The van der Waals surface area contributed by atoms with Gasteiger partial charge in [0, 0.05) is 12.1 Å². The summed E-state index contributed by atoms with van der Waals surface area (Å²) in [4.78, 5) is 0. The molecule has 0 amide bonds. The Hall–Kier alpha value is -0.930. The lowest BCUT2D eigenvalue weighted by atomic mass is 10.1. The van der Waals surface area contributed by atoms with Crippen LogP contribution in [0.1, 0.15) is 24.8 Å². The molecule has 0 aromatic heterocycles. The van der Waals surface area contributed by atoms with E-state index in [0.29, 0.717) is 12.1 Å². The van der Waals surface area contributed by atoms with Crippen LogP contribution in [0.15, 0.2) is 24.3 Å². The first-order valence-electron chi connectivity index (χ1n) is 5.97. The van der Waals surface area contributed by atoms with E-state index in [1.807, 2.05) is 12.1 Å². The smallest absolute Gasteiger partial charge is 0.123 e. The fourth-order valence-electron chi connectivity index (χ4n) is 2.27. The van der Waals surface area contributed by atoms with Crippen molar-refractivity contribution in [2.24, 2.45) is 5.73 Å². The minimum Gasteiger partial charge on any atom is -0.328 e. The van der Waals surface area contributed by atoms with Crippen molar-refractivity contribution < 1.29 is 4.39 Å². The highest BCUT2D eigenvalue weighted by molar-refractivity contribution is 5.16. The molecular weight excluding hydrogens is 203 g/mol. The Morgan fingerprint density at radius 1 is 1.25 bits per heavy atom. The van der Waals surface area contributed by atoms with Crippen LogP contribution in [0.2, 0.25) is 0 Å². The van der Waals surface area contributed by atoms with Crippen molar-refractivity contribution in [3.05, 3.63) is 35.6 Å². The van der Waals surface area contributed by atoms with Gasteiger partial charge in [0.05, 0.1) is 0 Å². The SMILES string of the molecule is NC1CCC(NCCc2ccc(F)cc2)C1. The van der Waals surface area contributed by atoms with Crippen LogP contribution < -0.4 is 11.1 Å². The van der Waals surface area contributed by atoms with Gasteiger partial charge in [0.25, 0.3) is 0 Å². The molecule has 1 fully saturated rings. The van der Waals surface area contributed by atoms with Crippen LogP contribution in [-0.4, -0.2) is 18.6 Å². The first-order valence-corrected chi connectivity index (χ1v) is 5.97. The predicted molar refractivity (Wildman–Crippen MR) is 63.7 cm³/mol. The number of hydrogen-bond donors (Lipinski definition) is 2. The molecule has 16 heavy (non-hydrogen) atoms. The van der Waals surface area contributed by atoms with Gasteiger partial charge in [-0.3, -0.25) is 0 Å². The molecule has 1 aromatic carbocycles. The quantitative estimate of drug-likeness (QED) is 0.815. The molecule has 0 spiro atoms. The third-order valence-electron chi connectivity index (χ3n) is 3.23. The Morgan fingerprint density at radius 3 is 2.62 bits per heavy atom. The second-order valence-corrected chi connectivity index (χ2v) is 4.60. The second kappa shape index (κ2) is 5.41. The first-order chi connectivity index (χ1) is 7.74. The van der Waals surface area contributed by atoms with Gasteiger partial charge in [-0.15, -0.1) is 0 Å². The Bertz CT molecular complexity index is 323. The molecule has 2 unspecified atom stereocenters. The normalized spacial score (nSPS) is 24.9. The molecule has 1 saturated carbocycles. The van der Waals surface area contributed by atoms with E-state index in [4.69, 9.17) is 5.73 Å². The van der Waals surface area contributed by atoms with Gasteiger partial charge in [-0.1, -0.05) is 12.1 Å². The summed E-state index contributed by atoms with van der Waals surface area (Å²) in [6.45, 7) is 0.947. The van der Waals surface area contributed by atoms with Gasteiger partial charge in [-0.05, 0) is 49.9 Å². The zero-order chi connectivity index (χ0) is 11.4. The highest BCUT2D eigenvalue weighted by Crippen LogP contribution is 2.16. The van der Waals surface area contributed by atoms with Crippen LogP contribution in [0.5, 0.6) is 0 Å². The zero-order valence-corrected chi connectivity index (χ0v) is 9.45. The average molecular weight is 222 g/mol. The van der Waals surface area contributed by atoms with E-state index in [-0.39, 0.29) is 5.82 Å². The molecule has 2 atom stereocenters. The monoisotopic (exact) mass is 222 g/mol. The van der Waals surface area contributed by atoms with Crippen molar-refractivity contribution in [2.75, 3.05) is 6.54 Å². The van der Waals surface area contributed by atoms with E-state index in [0.717, 1.165) is 25.8 Å². The molecule has 3 N–H and O–H groups in total. The summed E-state index contributed by atoms with van der Waals surface area (Å²) in [5.74, 6) is -0.168. The van der Waals surface area contributed by atoms with Gasteiger partial charge in [-0.25, -0.2) is 4.39 Å². The summed E-state index contributed by atoms with van der Waals surface area (Å²) in [6, 6.07) is 7.68. The highest BCUT2D eigenvalue weighted by atomic mass is 19.1. The summed E-state index contributed by atoms with van der Waals surface area (Å²) in [7, 11) is 0. The molecular formula is C13H19FN2. The first kappa shape index (κ1) is 11.6. The number of halogens is 1. The molecule has 1 aliphatic rings. The van der Waals surface area contributed by atoms with Crippen molar-refractivity contribution in [3.8, 4) is 0 Å². The van der Waals surface area contributed by atoms with Crippen molar-refractivity contribution in [2.45, 2.75) is 37.8 Å². The van der Waals surface area contributed by atoms with Crippen LogP contribution in [0.3, 0.4) is 0 Å². The van der Waals surface area contributed by atoms with E-state index < -0.39 is 0 Å². The molecule has 0 radical (unpaired) electrons. The van der Waals surface area contributed by atoms with Crippen molar-refractivity contribution >= 4 is 0 Å². The van der Waals surface area contributed by atoms with Crippen molar-refractivity contribution in [3.63, 3.8) is 0 Å². The summed E-state index contributed by atoms with van der Waals surface area (Å²) in [5.41, 5.74) is 7.02. The number of benzene rings is 1. The van der Waals surface area contributed by atoms with E-state index in [9.17, 15) is 4.39 Å². The molecule has 88 valence electrons. The molecule has 1 aliphatic carbocycles. The van der Waals surface area contributed by atoms with E-state index in [2.05, 4.69) is 5.32 Å². The standard InChI is InChI=1S/C13H19FN2/c14-11-3-1-10(2-4-11)7-8-16-13-6-5-12(15)9-13/h1-4,12-13,16H,5-9,15H2. The topological polar surface area (TPSA) is 38.0 Å². The maximum atomic E-state index is 12.7. The van der Waals surface area contributed by atoms with Crippen molar-refractivity contribution in [1.29, 1.82) is 0 Å². The summed E-state index contributed by atoms with van der Waals surface area (Å²) >= 11 is 0. The molecule has 0 bridgehead atoms. The molecule has 0 heterocycles. The van der Waals surface area contributed by atoms with Gasteiger partial charge in [0.15, 0.2) is 0 Å². The van der Waals surface area contributed by atoms with Gasteiger partial charge >= 0.3 is 0 Å². The molecule has 0 saturated heterocycles. The average Bonchev–Trinajstić information content (AvgIpc) is 2.67. The Labute approximate surface area is 96.0 Å². The Morgan fingerprint density at radius 2 is 2.00 bits per heavy atom. The van der Waals surface area contributed by atoms with Crippen LogP contribution in [-0.2, 0) is 6.42 Å². The fraction of sp³-hybridized carbons (Fsp3) is 0.538. The van der Waals surface area contributed by atoms with Gasteiger partial charge in [0.1, 0.15) is 5.82 Å². The van der Waals surface area contributed by atoms with Crippen LogP contribution in [0.25, 0.3) is 0 Å². The third-order valence-corrected chi connectivity index (χ3v) is 3.23. The number of rotatable bonds is 4. The van der Waals surface area contributed by atoms with Crippen LogP contribution in [0.4, 0.5) is 4.39 Å². The zero-order valence-electron chi connectivity index (χ0n) is 9.45. The largest absolute Gasteiger partial charge is 0.328 e. The summed E-state index contributed by atoms with van der Waals surface area (Å²) < 4.78 is 12.7. The summed E-state index contributed by atoms with van der Waals surface area (Å²) in [6.07, 6.45) is 4.36. The fourth-order valence-corrected chi connectivity index (χ4v) is 2.27. The molecule has 1 aromatic rings. The number of nitrogens with one attached hydrogen (secondary N) is 1.